The van der Waals surface area contributed by atoms with Crippen LogP contribution < -0.4 is 9.47 Å². The minimum absolute atomic E-state index is 0.0431. The highest BCUT2D eigenvalue weighted by atomic mass is 79.9. The number of ether oxygens (including phenoxy) is 2. The van der Waals surface area contributed by atoms with Crippen LogP contribution >= 0.6 is 15.9 Å². The highest BCUT2D eigenvalue weighted by Crippen LogP contribution is 2.37. The van der Waals surface area contributed by atoms with Crippen LogP contribution in [0.3, 0.4) is 0 Å². The molecule has 0 radical (unpaired) electrons. The van der Waals surface area contributed by atoms with Gasteiger partial charge in [-0.05, 0) is 40.5 Å². The van der Waals surface area contributed by atoms with Crippen molar-refractivity contribution in [3.63, 3.8) is 0 Å². The number of nitrogens with zero attached hydrogens (tertiary/aromatic N) is 2. The molecule has 0 aliphatic rings. The number of aliphatic hydroxyl groups is 1. The van der Waals surface area contributed by atoms with E-state index in [1.54, 1.807) is 19.4 Å². The summed E-state index contributed by atoms with van der Waals surface area (Å²) in [4.78, 5) is 0. The predicted molar refractivity (Wildman–Crippen MR) is 78.8 cm³/mol. The monoisotopic (exact) mass is 340 g/mol. The summed E-state index contributed by atoms with van der Waals surface area (Å²) in [5.41, 5.74) is 1.76. The number of aliphatic hydroxyl groups excluding tert-OH is 1. The van der Waals surface area contributed by atoms with Gasteiger partial charge in [0.25, 0.3) is 0 Å². The number of aryl methyl sites for hydroxylation is 1. The summed E-state index contributed by atoms with van der Waals surface area (Å²) < 4.78 is 13.7. The maximum Gasteiger partial charge on any atom is 0.175 e. The van der Waals surface area contributed by atoms with E-state index in [4.69, 9.17) is 9.47 Å². The first kappa shape index (κ1) is 14.9. The van der Waals surface area contributed by atoms with E-state index >= 15 is 0 Å². The minimum Gasteiger partial charge on any atom is -0.493 e. The number of aromatic nitrogens is 2. The second-order valence-corrected chi connectivity index (χ2v) is 5.11. The minimum atomic E-state index is -0.0431. The van der Waals surface area contributed by atoms with Gasteiger partial charge in [0, 0.05) is 18.3 Å². The van der Waals surface area contributed by atoms with Gasteiger partial charge >= 0.3 is 0 Å². The summed E-state index contributed by atoms with van der Waals surface area (Å²) in [7, 11) is 1.57. The van der Waals surface area contributed by atoms with Crippen molar-refractivity contribution in [3.8, 4) is 11.5 Å². The lowest BCUT2D eigenvalue weighted by atomic mass is 10.2. The zero-order chi connectivity index (χ0) is 14.5. The first-order valence-corrected chi connectivity index (χ1v) is 7.08. The molecule has 0 unspecified atom stereocenters. The van der Waals surface area contributed by atoms with Gasteiger partial charge in [-0.15, -0.1) is 0 Å². The van der Waals surface area contributed by atoms with Crippen LogP contribution in [0.4, 0.5) is 0 Å². The molecular formula is C14H17BrN2O3. The quantitative estimate of drug-likeness (QED) is 0.878. The molecule has 0 saturated heterocycles. The normalized spacial score (nSPS) is 10.6. The summed E-state index contributed by atoms with van der Waals surface area (Å²) in [6.07, 6.45) is 3.73. The topological polar surface area (TPSA) is 56.5 Å². The second-order valence-electron chi connectivity index (χ2n) is 4.26. The first-order valence-electron chi connectivity index (χ1n) is 6.29. The van der Waals surface area contributed by atoms with Crippen molar-refractivity contribution in [3.05, 3.63) is 40.1 Å². The van der Waals surface area contributed by atoms with E-state index < -0.39 is 0 Å². The molecule has 2 aromatic rings. The Bertz CT molecular complexity index is 584. The van der Waals surface area contributed by atoms with Gasteiger partial charge < -0.3 is 14.6 Å². The summed E-state index contributed by atoms with van der Waals surface area (Å²) in [6.45, 7) is 3.23. The predicted octanol–water partition coefficient (Wildman–Crippen LogP) is 2.75. The third-order valence-corrected chi connectivity index (χ3v) is 3.45. The number of rotatable bonds is 6. The maximum absolute atomic E-state index is 9.18. The molecule has 1 heterocycles. The molecular weight excluding hydrogens is 324 g/mol. The summed E-state index contributed by atoms with van der Waals surface area (Å²) in [5, 5.41) is 13.4. The fourth-order valence-corrected chi connectivity index (χ4v) is 2.42. The molecule has 6 heteroatoms. The number of hydrogen-bond acceptors (Lipinski definition) is 4. The Balaban J connectivity index is 2.16. The molecule has 0 saturated carbocycles. The molecule has 0 fully saturated rings. The van der Waals surface area contributed by atoms with Crippen LogP contribution in [0.15, 0.2) is 29.0 Å². The van der Waals surface area contributed by atoms with E-state index in [0.717, 1.165) is 22.1 Å². The Hall–Kier alpha value is -1.53. The van der Waals surface area contributed by atoms with E-state index in [0.29, 0.717) is 18.1 Å². The molecule has 5 nitrogen and oxygen atoms in total. The Labute approximate surface area is 126 Å². The van der Waals surface area contributed by atoms with Crippen LogP contribution in [0.5, 0.6) is 11.5 Å². The Morgan fingerprint density at radius 1 is 1.35 bits per heavy atom. The molecule has 0 spiro atoms. The standard InChI is InChI=1S/C14H17BrN2O3/c1-3-17-7-11(6-16-17)9-20-14-12(15)4-10(8-18)5-13(14)19-2/h4-7,18H,3,8-9H2,1-2H3. The van der Waals surface area contributed by atoms with Gasteiger partial charge in [-0.25, -0.2) is 0 Å². The molecule has 108 valence electrons. The van der Waals surface area contributed by atoms with Crippen molar-refractivity contribution >= 4 is 15.9 Å². The zero-order valence-electron chi connectivity index (χ0n) is 11.5. The number of hydrogen-bond donors (Lipinski definition) is 1. The Morgan fingerprint density at radius 3 is 2.75 bits per heavy atom. The van der Waals surface area contributed by atoms with Crippen molar-refractivity contribution in [1.82, 2.24) is 9.78 Å². The fraction of sp³-hybridized carbons (Fsp3) is 0.357. The van der Waals surface area contributed by atoms with E-state index in [2.05, 4.69) is 21.0 Å². The Morgan fingerprint density at radius 2 is 2.15 bits per heavy atom. The van der Waals surface area contributed by atoms with Gasteiger partial charge in [0.1, 0.15) is 6.61 Å². The van der Waals surface area contributed by atoms with Crippen molar-refractivity contribution < 1.29 is 14.6 Å². The zero-order valence-corrected chi connectivity index (χ0v) is 13.1. The first-order chi connectivity index (χ1) is 9.67. The largest absolute Gasteiger partial charge is 0.493 e. The smallest absolute Gasteiger partial charge is 0.175 e. The molecule has 2 rings (SSSR count). The molecule has 1 aromatic carbocycles. The van der Waals surface area contributed by atoms with Crippen LogP contribution in [0.1, 0.15) is 18.1 Å². The summed E-state index contributed by atoms with van der Waals surface area (Å²) in [6, 6.07) is 3.57. The van der Waals surface area contributed by atoms with Crippen LogP contribution in [-0.4, -0.2) is 22.0 Å². The highest BCUT2D eigenvalue weighted by Gasteiger charge is 2.12. The second kappa shape index (κ2) is 6.76. The third kappa shape index (κ3) is 3.32. The SMILES string of the molecule is CCn1cc(COc2c(Br)cc(CO)cc2OC)cn1. The van der Waals surface area contributed by atoms with Gasteiger partial charge in [-0.3, -0.25) is 4.68 Å². The molecule has 20 heavy (non-hydrogen) atoms. The molecule has 1 N–H and O–H groups in total. The van der Waals surface area contributed by atoms with Gasteiger partial charge in [-0.1, -0.05) is 0 Å². The number of methoxy groups -OCH3 is 1. The molecule has 0 bridgehead atoms. The number of halogens is 1. The average molecular weight is 341 g/mol. The van der Waals surface area contributed by atoms with Gasteiger partial charge in [-0.2, -0.15) is 5.10 Å². The van der Waals surface area contributed by atoms with Crippen molar-refractivity contribution in [1.29, 1.82) is 0 Å². The van der Waals surface area contributed by atoms with E-state index in [-0.39, 0.29) is 6.61 Å². The number of benzene rings is 1. The van der Waals surface area contributed by atoms with Crippen molar-refractivity contribution in [2.45, 2.75) is 26.7 Å². The fourth-order valence-electron chi connectivity index (χ4n) is 1.81. The van der Waals surface area contributed by atoms with Crippen LogP contribution in [0.2, 0.25) is 0 Å². The molecule has 0 atom stereocenters. The lowest BCUT2D eigenvalue weighted by Gasteiger charge is -2.13. The molecule has 0 amide bonds. The molecule has 1 aromatic heterocycles. The lowest BCUT2D eigenvalue weighted by molar-refractivity contribution is 0.273. The summed E-state index contributed by atoms with van der Waals surface area (Å²) in [5.74, 6) is 1.21. The molecule has 0 aliphatic heterocycles. The van der Waals surface area contributed by atoms with Gasteiger partial charge in [0.2, 0.25) is 0 Å². The third-order valence-electron chi connectivity index (χ3n) is 2.87. The van der Waals surface area contributed by atoms with Crippen LogP contribution in [0, 0.1) is 0 Å². The average Bonchev–Trinajstić information content (AvgIpc) is 2.93. The van der Waals surface area contributed by atoms with Gasteiger partial charge in [0.15, 0.2) is 11.5 Å². The van der Waals surface area contributed by atoms with E-state index in [9.17, 15) is 5.11 Å². The van der Waals surface area contributed by atoms with E-state index in [1.165, 1.54) is 0 Å². The van der Waals surface area contributed by atoms with Crippen molar-refractivity contribution in [2.75, 3.05) is 7.11 Å². The summed E-state index contributed by atoms with van der Waals surface area (Å²) >= 11 is 3.44. The van der Waals surface area contributed by atoms with Crippen molar-refractivity contribution in [2.24, 2.45) is 0 Å². The van der Waals surface area contributed by atoms with E-state index in [1.807, 2.05) is 23.9 Å². The Kier molecular flexibility index (Phi) is 5.03. The van der Waals surface area contributed by atoms with Crippen LogP contribution in [-0.2, 0) is 19.8 Å². The lowest BCUT2D eigenvalue weighted by Crippen LogP contribution is -1.99. The maximum atomic E-state index is 9.18. The van der Waals surface area contributed by atoms with Gasteiger partial charge in [0.05, 0.1) is 24.4 Å². The highest BCUT2D eigenvalue weighted by molar-refractivity contribution is 9.10. The molecule has 0 aliphatic carbocycles. The van der Waals surface area contributed by atoms with Crippen LogP contribution in [0.25, 0.3) is 0 Å².